The molecular weight excluding hydrogens is 315 g/mol. The number of fused-ring (bicyclic) bond motifs is 1. The van der Waals surface area contributed by atoms with E-state index >= 15 is 0 Å². The minimum atomic E-state index is -3.73. The molecule has 4 nitrogen and oxygen atoms in total. The summed E-state index contributed by atoms with van der Waals surface area (Å²) in [6.45, 7) is 0.497. The summed E-state index contributed by atoms with van der Waals surface area (Å²) in [6, 6.07) is 2.15. The van der Waals surface area contributed by atoms with Crippen LogP contribution in [0, 0.1) is 11.7 Å². The Balaban J connectivity index is 2.02. The third-order valence-electron chi connectivity index (χ3n) is 4.58. The Hall–Kier alpha value is -0.850. The molecule has 1 aromatic rings. The zero-order valence-corrected chi connectivity index (χ0v) is 13.1. The number of nitrogen functional groups attached to an aromatic ring is 1. The number of piperidine rings is 1. The molecule has 3 rings (SSSR count). The lowest BCUT2D eigenvalue weighted by Gasteiger charge is -2.36. The van der Waals surface area contributed by atoms with Crippen molar-refractivity contribution in [2.75, 3.05) is 12.3 Å². The molecule has 2 unspecified atom stereocenters. The lowest BCUT2D eigenvalue weighted by atomic mass is 9.94. The van der Waals surface area contributed by atoms with Crippen LogP contribution >= 0.6 is 11.6 Å². The Kier molecular flexibility index (Phi) is 3.88. The molecule has 21 heavy (non-hydrogen) atoms. The van der Waals surface area contributed by atoms with Crippen molar-refractivity contribution in [3.63, 3.8) is 0 Å². The first-order valence-corrected chi connectivity index (χ1v) is 8.99. The second-order valence-corrected chi connectivity index (χ2v) is 8.09. The van der Waals surface area contributed by atoms with Crippen molar-refractivity contribution in [1.82, 2.24) is 4.31 Å². The third-order valence-corrected chi connectivity index (χ3v) is 6.97. The molecule has 1 saturated heterocycles. The Morgan fingerprint density at radius 3 is 2.71 bits per heavy atom. The molecule has 2 fully saturated rings. The molecule has 0 spiro atoms. The van der Waals surface area contributed by atoms with Crippen LogP contribution in [0.1, 0.15) is 32.1 Å². The van der Waals surface area contributed by atoms with Crippen molar-refractivity contribution < 1.29 is 12.8 Å². The topological polar surface area (TPSA) is 63.4 Å². The van der Waals surface area contributed by atoms with E-state index in [0.29, 0.717) is 12.5 Å². The van der Waals surface area contributed by atoms with Gasteiger partial charge in [0, 0.05) is 12.6 Å². The molecule has 0 radical (unpaired) electrons. The summed E-state index contributed by atoms with van der Waals surface area (Å²) in [4.78, 5) is -0.0874. The number of halogens is 2. The summed E-state index contributed by atoms with van der Waals surface area (Å²) in [6.07, 6.45) is 4.96. The zero-order chi connectivity index (χ0) is 15.2. The summed E-state index contributed by atoms with van der Waals surface area (Å²) < 4.78 is 40.7. The number of anilines is 1. The van der Waals surface area contributed by atoms with E-state index in [-0.39, 0.29) is 21.6 Å². The zero-order valence-electron chi connectivity index (χ0n) is 11.6. The quantitative estimate of drug-likeness (QED) is 0.847. The van der Waals surface area contributed by atoms with Gasteiger partial charge in [-0.05, 0) is 43.7 Å². The van der Waals surface area contributed by atoms with Gasteiger partial charge in [-0.3, -0.25) is 0 Å². The molecule has 2 N–H and O–H groups in total. The first kappa shape index (κ1) is 15.1. The van der Waals surface area contributed by atoms with Gasteiger partial charge in [-0.25, -0.2) is 12.8 Å². The van der Waals surface area contributed by atoms with E-state index in [1.807, 2.05) is 0 Å². The maximum absolute atomic E-state index is 13.4. The van der Waals surface area contributed by atoms with Crippen LogP contribution in [0.25, 0.3) is 0 Å². The Morgan fingerprint density at radius 1 is 1.24 bits per heavy atom. The van der Waals surface area contributed by atoms with Crippen molar-refractivity contribution in [3.8, 4) is 0 Å². The average Bonchev–Trinajstić information content (AvgIpc) is 2.90. The second kappa shape index (κ2) is 5.41. The number of hydrogen-bond donors (Lipinski definition) is 1. The van der Waals surface area contributed by atoms with Gasteiger partial charge in [0.1, 0.15) is 10.7 Å². The molecule has 1 heterocycles. The van der Waals surface area contributed by atoms with Crippen LogP contribution in [0.3, 0.4) is 0 Å². The minimum Gasteiger partial charge on any atom is -0.396 e. The predicted octanol–water partition coefficient (Wildman–Crippen LogP) is 3.01. The molecule has 7 heteroatoms. The monoisotopic (exact) mass is 332 g/mol. The van der Waals surface area contributed by atoms with Gasteiger partial charge in [-0.2, -0.15) is 4.31 Å². The van der Waals surface area contributed by atoms with Crippen LogP contribution < -0.4 is 5.73 Å². The fourth-order valence-electron chi connectivity index (χ4n) is 3.58. The third kappa shape index (κ3) is 2.53. The normalized spacial score (nSPS) is 26.8. The summed E-state index contributed by atoms with van der Waals surface area (Å²) in [7, 11) is -3.73. The molecule has 1 aliphatic heterocycles. The molecule has 0 amide bonds. The average molecular weight is 333 g/mol. The van der Waals surface area contributed by atoms with Crippen molar-refractivity contribution in [2.24, 2.45) is 5.92 Å². The number of sulfonamides is 1. The van der Waals surface area contributed by atoms with E-state index < -0.39 is 15.8 Å². The number of nitrogens with two attached hydrogens (primary N) is 1. The van der Waals surface area contributed by atoms with Gasteiger partial charge in [0.05, 0.1) is 10.7 Å². The molecule has 0 bridgehead atoms. The van der Waals surface area contributed by atoms with Gasteiger partial charge in [0.15, 0.2) is 0 Å². The first-order chi connectivity index (χ1) is 9.91. The Bertz CT molecular complexity index is 665. The highest BCUT2D eigenvalue weighted by Gasteiger charge is 2.42. The van der Waals surface area contributed by atoms with Gasteiger partial charge in [-0.1, -0.05) is 18.0 Å². The highest BCUT2D eigenvalue weighted by atomic mass is 35.5. The lowest BCUT2D eigenvalue weighted by Crippen LogP contribution is -2.46. The predicted molar refractivity (Wildman–Crippen MR) is 80.1 cm³/mol. The maximum Gasteiger partial charge on any atom is 0.244 e. The summed E-state index contributed by atoms with van der Waals surface area (Å²) in [5.41, 5.74) is 5.31. The summed E-state index contributed by atoms with van der Waals surface area (Å²) >= 11 is 5.95. The molecule has 1 aromatic carbocycles. The molecule has 1 aliphatic carbocycles. The fraction of sp³-hybridized carbons (Fsp3) is 0.571. The van der Waals surface area contributed by atoms with Gasteiger partial charge in [-0.15, -0.1) is 0 Å². The van der Waals surface area contributed by atoms with E-state index in [1.165, 1.54) is 0 Å². The molecular formula is C14H18ClFN2O2S. The van der Waals surface area contributed by atoms with E-state index in [0.717, 1.165) is 44.2 Å². The molecule has 2 atom stereocenters. The SMILES string of the molecule is Nc1cc(S(=O)(=O)N2CCCC3CCCC32)c(Cl)cc1F. The van der Waals surface area contributed by atoms with E-state index in [2.05, 4.69) is 0 Å². The van der Waals surface area contributed by atoms with Crippen molar-refractivity contribution in [1.29, 1.82) is 0 Å². The van der Waals surface area contributed by atoms with Crippen LogP contribution in [0.5, 0.6) is 0 Å². The standard InChI is InChI=1S/C14H18ClFN2O2S/c15-10-7-11(16)12(17)8-14(10)21(19,20)18-6-2-4-9-3-1-5-13(9)18/h7-9,13H,1-6,17H2. The van der Waals surface area contributed by atoms with Gasteiger partial charge in [0.2, 0.25) is 10.0 Å². The van der Waals surface area contributed by atoms with Crippen LogP contribution in [-0.2, 0) is 10.0 Å². The van der Waals surface area contributed by atoms with Crippen LogP contribution in [-0.4, -0.2) is 25.3 Å². The molecule has 116 valence electrons. The van der Waals surface area contributed by atoms with Gasteiger partial charge in [0.25, 0.3) is 0 Å². The van der Waals surface area contributed by atoms with Crippen molar-refractivity contribution >= 4 is 27.3 Å². The molecule has 1 saturated carbocycles. The number of hydrogen-bond acceptors (Lipinski definition) is 3. The van der Waals surface area contributed by atoms with Gasteiger partial charge >= 0.3 is 0 Å². The highest BCUT2D eigenvalue weighted by molar-refractivity contribution is 7.89. The highest BCUT2D eigenvalue weighted by Crippen LogP contribution is 2.40. The molecule has 2 aliphatic rings. The van der Waals surface area contributed by atoms with Gasteiger partial charge < -0.3 is 5.73 Å². The smallest absolute Gasteiger partial charge is 0.244 e. The molecule has 0 aromatic heterocycles. The van der Waals surface area contributed by atoms with Crippen molar-refractivity contribution in [3.05, 3.63) is 23.0 Å². The largest absolute Gasteiger partial charge is 0.396 e. The minimum absolute atomic E-state index is 0.0473. The number of nitrogens with zero attached hydrogens (tertiary/aromatic N) is 1. The first-order valence-electron chi connectivity index (χ1n) is 7.17. The van der Waals surface area contributed by atoms with E-state index in [1.54, 1.807) is 4.31 Å². The van der Waals surface area contributed by atoms with E-state index in [9.17, 15) is 12.8 Å². The van der Waals surface area contributed by atoms with Crippen LogP contribution in [0.2, 0.25) is 5.02 Å². The maximum atomic E-state index is 13.4. The Labute approximate surface area is 129 Å². The number of rotatable bonds is 2. The Morgan fingerprint density at radius 2 is 1.95 bits per heavy atom. The fourth-order valence-corrected chi connectivity index (χ4v) is 5.86. The lowest BCUT2D eigenvalue weighted by molar-refractivity contribution is 0.202. The summed E-state index contributed by atoms with van der Waals surface area (Å²) in [5, 5.41) is -0.109. The van der Waals surface area contributed by atoms with Crippen LogP contribution in [0.15, 0.2) is 17.0 Å². The second-order valence-electron chi connectivity index (χ2n) is 5.82. The summed E-state index contributed by atoms with van der Waals surface area (Å²) in [5.74, 6) is -0.263. The van der Waals surface area contributed by atoms with Crippen molar-refractivity contribution in [2.45, 2.75) is 43.0 Å². The number of benzene rings is 1. The van der Waals surface area contributed by atoms with E-state index in [4.69, 9.17) is 17.3 Å². The van der Waals surface area contributed by atoms with Crippen LogP contribution in [0.4, 0.5) is 10.1 Å².